The number of hydrogen-bond donors (Lipinski definition) is 1. The molecule has 6 heteroatoms. The Hall–Kier alpha value is -2.89. The molecule has 0 radical (unpaired) electrons. The maximum atomic E-state index is 13.1. The van der Waals surface area contributed by atoms with Gasteiger partial charge in [-0.1, -0.05) is 30.3 Å². The lowest BCUT2D eigenvalue weighted by Gasteiger charge is -2.32. The second kappa shape index (κ2) is 7.99. The average Bonchev–Trinajstić information content (AvgIpc) is 2.84. The number of hydrogen-bond acceptors (Lipinski definition) is 2. The Bertz CT molecular complexity index is 764. The van der Waals surface area contributed by atoms with E-state index in [2.05, 4.69) is 5.32 Å². The zero-order chi connectivity index (χ0) is 18.5. The Kier molecular flexibility index (Phi) is 5.51. The smallest absolute Gasteiger partial charge is 0.324 e. The molecule has 0 spiro atoms. The van der Waals surface area contributed by atoms with E-state index in [4.69, 9.17) is 0 Å². The number of anilines is 1. The second-order valence-electron chi connectivity index (χ2n) is 6.36. The molecule has 3 amide bonds. The van der Waals surface area contributed by atoms with Crippen molar-refractivity contribution in [2.24, 2.45) is 0 Å². The molecule has 1 atom stereocenters. The van der Waals surface area contributed by atoms with Crippen LogP contribution >= 0.6 is 0 Å². The summed E-state index contributed by atoms with van der Waals surface area (Å²) in [6, 6.07) is 14.5. The average molecular weight is 355 g/mol. The minimum absolute atomic E-state index is 0.146. The third-order valence-corrected chi connectivity index (χ3v) is 4.57. The SMILES string of the molecule is CN(C(=O)N1CCCNC(=O)C1Cc1ccccc1)c1ccc(F)cc1. The molecule has 1 aliphatic rings. The van der Waals surface area contributed by atoms with Gasteiger partial charge in [0.05, 0.1) is 0 Å². The van der Waals surface area contributed by atoms with Crippen LogP contribution in [0.5, 0.6) is 0 Å². The summed E-state index contributed by atoms with van der Waals surface area (Å²) in [5.74, 6) is -0.502. The van der Waals surface area contributed by atoms with Crippen molar-refractivity contribution in [1.29, 1.82) is 0 Å². The molecule has 26 heavy (non-hydrogen) atoms. The van der Waals surface area contributed by atoms with Gasteiger partial charge in [0.1, 0.15) is 11.9 Å². The van der Waals surface area contributed by atoms with Gasteiger partial charge in [0, 0.05) is 32.2 Å². The molecule has 1 unspecified atom stereocenters. The topological polar surface area (TPSA) is 52.7 Å². The van der Waals surface area contributed by atoms with Gasteiger partial charge in [0.15, 0.2) is 0 Å². The highest BCUT2D eigenvalue weighted by Crippen LogP contribution is 2.19. The summed E-state index contributed by atoms with van der Waals surface area (Å²) < 4.78 is 13.1. The quantitative estimate of drug-likeness (QED) is 0.920. The van der Waals surface area contributed by atoms with E-state index in [0.29, 0.717) is 31.6 Å². The van der Waals surface area contributed by atoms with E-state index in [-0.39, 0.29) is 17.8 Å². The second-order valence-corrected chi connectivity index (χ2v) is 6.36. The lowest BCUT2D eigenvalue weighted by atomic mass is 10.0. The van der Waals surface area contributed by atoms with Crippen LogP contribution in [0.1, 0.15) is 12.0 Å². The fourth-order valence-electron chi connectivity index (χ4n) is 3.11. The van der Waals surface area contributed by atoms with E-state index in [0.717, 1.165) is 5.56 Å². The summed E-state index contributed by atoms with van der Waals surface area (Å²) in [5.41, 5.74) is 1.58. The predicted molar refractivity (Wildman–Crippen MR) is 98.5 cm³/mol. The molecular formula is C20H22FN3O2. The first-order chi connectivity index (χ1) is 12.6. The summed E-state index contributed by atoms with van der Waals surface area (Å²) in [6.07, 6.45) is 1.15. The van der Waals surface area contributed by atoms with E-state index < -0.39 is 6.04 Å². The largest absolute Gasteiger partial charge is 0.354 e. The Morgan fingerprint density at radius 3 is 2.58 bits per heavy atom. The van der Waals surface area contributed by atoms with Gasteiger partial charge in [-0.05, 0) is 36.2 Å². The minimum Gasteiger partial charge on any atom is -0.354 e. The number of nitrogens with one attached hydrogen (secondary N) is 1. The van der Waals surface area contributed by atoms with Crippen molar-refractivity contribution in [2.75, 3.05) is 25.0 Å². The van der Waals surface area contributed by atoms with Crippen molar-refractivity contribution < 1.29 is 14.0 Å². The number of carbonyl (C=O) groups is 2. The number of carbonyl (C=O) groups excluding carboxylic acids is 2. The van der Waals surface area contributed by atoms with E-state index >= 15 is 0 Å². The Labute approximate surface area is 152 Å². The minimum atomic E-state index is -0.574. The van der Waals surface area contributed by atoms with Gasteiger partial charge in [-0.2, -0.15) is 0 Å². The maximum absolute atomic E-state index is 13.1. The lowest BCUT2D eigenvalue weighted by molar-refractivity contribution is -0.124. The first-order valence-electron chi connectivity index (χ1n) is 8.68. The molecule has 0 aromatic heterocycles. The van der Waals surface area contributed by atoms with Crippen molar-refractivity contribution >= 4 is 17.6 Å². The third-order valence-electron chi connectivity index (χ3n) is 4.57. The highest BCUT2D eigenvalue weighted by Gasteiger charge is 2.33. The van der Waals surface area contributed by atoms with Gasteiger partial charge in [-0.15, -0.1) is 0 Å². The molecule has 2 aromatic carbocycles. The van der Waals surface area contributed by atoms with Crippen LogP contribution in [-0.4, -0.2) is 43.0 Å². The van der Waals surface area contributed by atoms with Gasteiger partial charge >= 0.3 is 6.03 Å². The maximum Gasteiger partial charge on any atom is 0.324 e. The third kappa shape index (κ3) is 4.02. The van der Waals surface area contributed by atoms with Crippen LogP contribution in [0.3, 0.4) is 0 Å². The molecule has 5 nitrogen and oxygen atoms in total. The van der Waals surface area contributed by atoms with E-state index in [1.54, 1.807) is 24.1 Å². The molecule has 1 fully saturated rings. The van der Waals surface area contributed by atoms with E-state index in [9.17, 15) is 14.0 Å². The zero-order valence-electron chi connectivity index (χ0n) is 14.7. The Balaban J connectivity index is 1.84. The molecule has 0 bridgehead atoms. The number of amides is 3. The summed E-state index contributed by atoms with van der Waals surface area (Å²) in [6.45, 7) is 1.04. The highest BCUT2D eigenvalue weighted by molar-refractivity contribution is 5.95. The van der Waals surface area contributed by atoms with Crippen LogP contribution in [-0.2, 0) is 11.2 Å². The van der Waals surface area contributed by atoms with Crippen molar-refractivity contribution in [3.8, 4) is 0 Å². The van der Waals surface area contributed by atoms with E-state index in [1.165, 1.54) is 17.0 Å². The van der Waals surface area contributed by atoms with Gasteiger partial charge in [0.25, 0.3) is 0 Å². The Morgan fingerprint density at radius 2 is 1.88 bits per heavy atom. The van der Waals surface area contributed by atoms with Crippen molar-refractivity contribution in [1.82, 2.24) is 10.2 Å². The molecule has 3 rings (SSSR count). The summed E-state index contributed by atoms with van der Waals surface area (Å²) in [5, 5.41) is 2.88. The molecule has 1 heterocycles. The lowest BCUT2D eigenvalue weighted by Crippen LogP contribution is -2.52. The van der Waals surface area contributed by atoms with Crippen molar-refractivity contribution in [3.63, 3.8) is 0 Å². The van der Waals surface area contributed by atoms with Crippen LogP contribution < -0.4 is 10.2 Å². The zero-order valence-corrected chi connectivity index (χ0v) is 14.7. The number of benzene rings is 2. The molecule has 2 aromatic rings. The van der Waals surface area contributed by atoms with Crippen LogP contribution in [0.4, 0.5) is 14.9 Å². The van der Waals surface area contributed by atoms with Crippen LogP contribution in [0.15, 0.2) is 54.6 Å². The fraction of sp³-hybridized carbons (Fsp3) is 0.300. The van der Waals surface area contributed by atoms with E-state index in [1.807, 2.05) is 30.3 Å². The fourth-order valence-corrected chi connectivity index (χ4v) is 3.11. The molecule has 136 valence electrons. The predicted octanol–water partition coefficient (Wildman–Crippen LogP) is 2.82. The molecule has 1 saturated heterocycles. The molecule has 0 aliphatic carbocycles. The molecule has 0 saturated carbocycles. The Morgan fingerprint density at radius 1 is 1.19 bits per heavy atom. The first kappa shape index (κ1) is 17.9. The number of urea groups is 1. The van der Waals surface area contributed by atoms with Gasteiger partial charge < -0.3 is 10.2 Å². The van der Waals surface area contributed by atoms with Gasteiger partial charge in [-0.25, -0.2) is 9.18 Å². The van der Waals surface area contributed by atoms with Gasteiger partial charge in [0.2, 0.25) is 5.91 Å². The number of rotatable bonds is 3. The summed E-state index contributed by atoms with van der Waals surface area (Å²) in [4.78, 5) is 28.7. The van der Waals surface area contributed by atoms with Crippen molar-refractivity contribution in [2.45, 2.75) is 18.9 Å². The highest BCUT2D eigenvalue weighted by atomic mass is 19.1. The first-order valence-corrected chi connectivity index (χ1v) is 8.68. The monoisotopic (exact) mass is 355 g/mol. The number of nitrogens with zero attached hydrogens (tertiary/aromatic N) is 2. The molecular weight excluding hydrogens is 333 g/mol. The van der Waals surface area contributed by atoms with Crippen LogP contribution in [0.2, 0.25) is 0 Å². The van der Waals surface area contributed by atoms with Gasteiger partial charge in [-0.3, -0.25) is 9.69 Å². The van der Waals surface area contributed by atoms with Crippen LogP contribution in [0, 0.1) is 5.82 Å². The number of halogens is 1. The summed E-state index contributed by atoms with van der Waals surface area (Å²) in [7, 11) is 1.64. The molecule has 1 N–H and O–H groups in total. The van der Waals surface area contributed by atoms with Crippen LogP contribution in [0.25, 0.3) is 0 Å². The molecule has 1 aliphatic heterocycles. The normalized spacial score (nSPS) is 17.4. The summed E-state index contributed by atoms with van der Waals surface area (Å²) >= 11 is 0. The standard InChI is InChI=1S/C20H22FN3O2/c1-23(17-10-8-16(21)9-11-17)20(26)24-13-5-12-22-19(25)18(24)14-15-6-3-2-4-7-15/h2-4,6-11,18H,5,12-14H2,1H3,(H,22,25). The van der Waals surface area contributed by atoms with Crippen molar-refractivity contribution in [3.05, 3.63) is 66.0 Å².